The molecule has 11 heavy (non-hydrogen) atoms. The van der Waals surface area contributed by atoms with Crippen molar-refractivity contribution in [3.05, 3.63) is 0 Å². The number of carbonyl (C=O) groups excluding carboxylic acids is 1. The molecule has 0 atom stereocenters. The van der Waals surface area contributed by atoms with Crippen molar-refractivity contribution in [3.63, 3.8) is 0 Å². The molecule has 0 radical (unpaired) electrons. The highest BCUT2D eigenvalue weighted by Gasteiger charge is 1.97. The van der Waals surface area contributed by atoms with Gasteiger partial charge in [0, 0.05) is 18.7 Å². The second-order valence-electron chi connectivity index (χ2n) is 2.75. The van der Waals surface area contributed by atoms with Crippen LogP contribution in [0.4, 0.5) is 0 Å². The van der Waals surface area contributed by atoms with Gasteiger partial charge in [0.15, 0.2) is 0 Å². The maximum Gasteiger partial charge on any atom is 0.142 e. The van der Waals surface area contributed by atoms with Crippen LogP contribution in [0.2, 0.25) is 0 Å². The van der Waals surface area contributed by atoms with Gasteiger partial charge in [-0.15, -0.1) is 0 Å². The lowest BCUT2D eigenvalue weighted by molar-refractivity contribution is -0.116. The van der Waals surface area contributed by atoms with E-state index in [9.17, 15) is 4.79 Å². The third-order valence-corrected chi connectivity index (χ3v) is 2.34. The monoisotopic (exact) mass is 175 g/mol. The van der Waals surface area contributed by atoms with Gasteiger partial charge >= 0.3 is 0 Å². The molecule has 0 N–H and O–H groups in total. The molecule has 0 aromatic carbocycles. The van der Waals surface area contributed by atoms with E-state index < -0.39 is 0 Å². The zero-order chi connectivity index (χ0) is 8.69. The quantitative estimate of drug-likeness (QED) is 0.567. The summed E-state index contributed by atoms with van der Waals surface area (Å²) in [6, 6.07) is 0. The Balaban J connectivity index is 3.08. The van der Waals surface area contributed by atoms with E-state index in [1.54, 1.807) is 11.8 Å². The first kappa shape index (κ1) is 11.0. The van der Waals surface area contributed by atoms with Crippen molar-refractivity contribution < 1.29 is 4.79 Å². The molecule has 0 aromatic rings. The Bertz CT molecular complexity index is 115. The Kier molecular flexibility index (Phi) is 6.66. The van der Waals surface area contributed by atoms with E-state index in [0.717, 1.165) is 12.3 Å². The minimum atomic E-state index is 0.355. The molecule has 0 aliphatic rings. The Morgan fingerprint density at radius 3 is 2.55 bits per heavy atom. The first-order valence-electron chi connectivity index (χ1n) is 3.91. The minimum absolute atomic E-state index is 0.355. The Morgan fingerprint density at radius 2 is 2.09 bits per heavy atom. The zero-order valence-corrected chi connectivity index (χ0v) is 8.41. The van der Waals surface area contributed by atoms with Gasteiger partial charge in [0.2, 0.25) is 0 Å². The van der Waals surface area contributed by atoms with Crippen LogP contribution in [0.25, 0.3) is 0 Å². The molecule has 66 valence electrons. The van der Waals surface area contributed by atoms with E-state index >= 15 is 0 Å². The number of rotatable bonds is 6. The summed E-state index contributed by atoms with van der Waals surface area (Å²) in [6.45, 7) is 2.97. The van der Waals surface area contributed by atoms with Crippen LogP contribution in [0.3, 0.4) is 0 Å². The van der Waals surface area contributed by atoms with Gasteiger partial charge in [-0.2, -0.15) is 11.8 Å². The Hall–Kier alpha value is -0.0200. The van der Waals surface area contributed by atoms with Crippen LogP contribution < -0.4 is 0 Å². The smallest absolute Gasteiger partial charge is 0.142 e. The zero-order valence-electron chi connectivity index (χ0n) is 7.59. The molecule has 2 nitrogen and oxygen atoms in total. The molecule has 0 aliphatic carbocycles. The van der Waals surface area contributed by atoms with Gasteiger partial charge in [0.05, 0.1) is 5.75 Å². The fraction of sp³-hybridized carbons (Fsp3) is 0.875. The number of hydrogen-bond acceptors (Lipinski definition) is 3. The molecular formula is C8H17NOS. The number of thioether (sulfide) groups is 1. The van der Waals surface area contributed by atoms with Crippen LogP contribution in [0, 0.1) is 0 Å². The van der Waals surface area contributed by atoms with Crippen molar-refractivity contribution in [1.29, 1.82) is 0 Å². The van der Waals surface area contributed by atoms with Crippen LogP contribution in [-0.4, -0.2) is 42.8 Å². The molecule has 3 heteroatoms. The lowest BCUT2D eigenvalue weighted by atomic mass is 10.4. The number of hydrogen-bond donors (Lipinski definition) is 0. The van der Waals surface area contributed by atoms with Crippen molar-refractivity contribution in [3.8, 4) is 0 Å². The highest BCUT2D eigenvalue weighted by Crippen LogP contribution is 2.01. The van der Waals surface area contributed by atoms with E-state index in [4.69, 9.17) is 0 Å². The number of carbonyl (C=O) groups is 1. The van der Waals surface area contributed by atoms with Crippen molar-refractivity contribution in [2.75, 3.05) is 32.1 Å². The summed E-state index contributed by atoms with van der Waals surface area (Å²) in [7, 11) is 4.09. The number of Topliss-reactive ketones (excluding diaryl/α,β-unsaturated/α-hetero) is 1. The fourth-order valence-corrected chi connectivity index (χ4v) is 1.61. The number of nitrogens with zero attached hydrogens (tertiary/aromatic N) is 1. The van der Waals surface area contributed by atoms with E-state index in [1.807, 2.05) is 21.0 Å². The summed E-state index contributed by atoms with van der Waals surface area (Å²) < 4.78 is 0. The molecule has 0 unspecified atom stereocenters. The van der Waals surface area contributed by atoms with Crippen molar-refractivity contribution in [2.45, 2.75) is 13.3 Å². The Labute approximate surface area is 73.3 Å². The van der Waals surface area contributed by atoms with Gasteiger partial charge in [0.25, 0.3) is 0 Å². The van der Waals surface area contributed by atoms with E-state index in [0.29, 0.717) is 18.0 Å². The van der Waals surface area contributed by atoms with Crippen LogP contribution >= 0.6 is 11.8 Å². The third kappa shape index (κ3) is 7.88. The Morgan fingerprint density at radius 1 is 1.45 bits per heavy atom. The number of ketones is 1. The van der Waals surface area contributed by atoms with Gasteiger partial charge in [-0.05, 0) is 14.1 Å². The predicted molar refractivity (Wildman–Crippen MR) is 51.2 cm³/mol. The summed E-state index contributed by atoms with van der Waals surface area (Å²) in [5, 5.41) is 0. The molecule has 0 aromatic heterocycles. The molecule has 0 rings (SSSR count). The summed E-state index contributed by atoms with van der Waals surface area (Å²) in [5.74, 6) is 2.09. The molecule has 0 spiro atoms. The van der Waals surface area contributed by atoms with E-state index in [-0.39, 0.29) is 0 Å². The average molecular weight is 175 g/mol. The van der Waals surface area contributed by atoms with Gasteiger partial charge in [-0.25, -0.2) is 0 Å². The minimum Gasteiger partial charge on any atom is -0.309 e. The SMILES string of the molecule is CCC(=O)CSCCN(C)C. The normalized spacial score (nSPS) is 10.5. The fourth-order valence-electron chi connectivity index (χ4n) is 0.535. The molecule has 0 saturated heterocycles. The van der Waals surface area contributed by atoms with Gasteiger partial charge in [-0.3, -0.25) is 4.79 Å². The van der Waals surface area contributed by atoms with Gasteiger partial charge in [-0.1, -0.05) is 6.92 Å². The van der Waals surface area contributed by atoms with Crippen LogP contribution in [0.1, 0.15) is 13.3 Å². The summed E-state index contributed by atoms with van der Waals surface area (Å²) in [6.07, 6.45) is 0.676. The molecule has 0 bridgehead atoms. The standard InChI is InChI=1S/C8H17NOS/c1-4-8(10)7-11-6-5-9(2)3/h4-7H2,1-3H3. The third-order valence-electron chi connectivity index (χ3n) is 1.34. The summed E-state index contributed by atoms with van der Waals surface area (Å²) >= 11 is 1.72. The maximum absolute atomic E-state index is 10.8. The highest BCUT2D eigenvalue weighted by molar-refractivity contribution is 7.99. The largest absolute Gasteiger partial charge is 0.309 e. The topological polar surface area (TPSA) is 20.3 Å². The molecule has 0 heterocycles. The second kappa shape index (κ2) is 6.68. The maximum atomic E-state index is 10.8. The predicted octanol–water partition coefficient (Wildman–Crippen LogP) is 1.26. The van der Waals surface area contributed by atoms with E-state index in [1.165, 1.54) is 0 Å². The van der Waals surface area contributed by atoms with Crippen LogP contribution in [-0.2, 0) is 4.79 Å². The van der Waals surface area contributed by atoms with Crippen molar-refractivity contribution in [2.24, 2.45) is 0 Å². The first-order chi connectivity index (χ1) is 5.16. The lowest BCUT2D eigenvalue weighted by Gasteiger charge is -2.07. The molecular weight excluding hydrogens is 158 g/mol. The molecule has 0 aliphatic heterocycles. The first-order valence-corrected chi connectivity index (χ1v) is 5.06. The second-order valence-corrected chi connectivity index (χ2v) is 3.85. The van der Waals surface area contributed by atoms with Crippen LogP contribution in [0.15, 0.2) is 0 Å². The summed E-state index contributed by atoms with van der Waals surface area (Å²) in [4.78, 5) is 13.0. The van der Waals surface area contributed by atoms with Gasteiger partial charge in [0.1, 0.15) is 5.78 Å². The van der Waals surface area contributed by atoms with Crippen molar-refractivity contribution in [1.82, 2.24) is 4.90 Å². The average Bonchev–Trinajstić information content (AvgIpc) is 1.97. The molecule has 0 fully saturated rings. The molecule has 0 amide bonds. The van der Waals surface area contributed by atoms with Gasteiger partial charge < -0.3 is 4.90 Å². The van der Waals surface area contributed by atoms with Crippen molar-refractivity contribution >= 4 is 17.5 Å². The highest BCUT2D eigenvalue weighted by atomic mass is 32.2. The summed E-state index contributed by atoms with van der Waals surface area (Å²) in [5.41, 5.74) is 0. The van der Waals surface area contributed by atoms with E-state index in [2.05, 4.69) is 4.90 Å². The lowest BCUT2D eigenvalue weighted by Crippen LogP contribution is -2.15. The molecule has 0 saturated carbocycles. The van der Waals surface area contributed by atoms with Crippen LogP contribution in [0.5, 0.6) is 0 Å².